The lowest BCUT2D eigenvalue weighted by Crippen LogP contribution is -2.52. The van der Waals surface area contributed by atoms with E-state index in [2.05, 4.69) is 34.6 Å². The summed E-state index contributed by atoms with van der Waals surface area (Å²) in [5, 5.41) is 0. The number of hydrogen-bond donors (Lipinski definition) is 0. The van der Waals surface area contributed by atoms with Gasteiger partial charge in [-0.05, 0) is 34.6 Å². The third-order valence-electron chi connectivity index (χ3n) is 2.74. The van der Waals surface area contributed by atoms with Gasteiger partial charge in [0.1, 0.15) is 0 Å². The highest BCUT2D eigenvalue weighted by Gasteiger charge is 2.42. The van der Waals surface area contributed by atoms with Crippen LogP contribution < -0.4 is 0 Å². The van der Waals surface area contributed by atoms with Crippen LogP contribution in [0.2, 0.25) is 0 Å². The van der Waals surface area contributed by atoms with Gasteiger partial charge in [0.15, 0.2) is 0 Å². The average Bonchev–Trinajstić information content (AvgIpc) is 2.04. The second kappa shape index (κ2) is 5.50. The number of hydrogen-bond acceptors (Lipinski definition) is 1. The zero-order chi connectivity index (χ0) is 10.6. The third kappa shape index (κ3) is 2.56. The molecule has 4 heteroatoms. The van der Waals surface area contributed by atoms with Gasteiger partial charge in [-0.2, -0.15) is 0 Å². The molecule has 0 aromatic carbocycles. The molecule has 0 aliphatic heterocycles. The van der Waals surface area contributed by atoms with Crippen molar-refractivity contribution in [1.29, 1.82) is 0 Å². The Labute approximate surface area is 88.5 Å². The predicted molar refractivity (Wildman–Crippen MR) is 60.9 cm³/mol. The molecule has 0 aliphatic carbocycles. The minimum Gasteiger partial charge on any atom is -0.301 e. The molecule has 1 atom stereocenters. The first-order chi connectivity index (χ1) is 5.93. The van der Waals surface area contributed by atoms with Crippen LogP contribution in [0, 0.1) is 0 Å². The van der Waals surface area contributed by atoms with E-state index in [1.165, 1.54) is 0 Å². The molecule has 80 valence electrons. The quantitative estimate of drug-likeness (QED) is 0.649. The van der Waals surface area contributed by atoms with E-state index in [0.717, 1.165) is 10.8 Å². The maximum atomic E-state index is 6.29. The van der Waals surface area contributed by atoms with Crippen molar-refractivity contribution >= 4 is 18.9 Å². The monoisotopic (exact) mass is 226 g/mol. The Balaban J connectivity index is 4.86. The van der Waals surface area contributed by atoms with Crippen molar-refractivity contribution in [1.82, 2.24) is 0 Å². The summed E-state index contributed by atoms with van der Waals surface area (Å²) in [6.45, 7) is 12.0. The van der Waals surface area contributed by atoms with Gasteiger partial charge in [0.25, 0.3) is 0 Å². The van der Waals surface area contributed by atoms with Crippen molar-refractivity contribution in [2.24, 2.45) is 0 Å². The fourth-order valence-corrected chi connectivity index (χ4v) is 4.57. The lowest BCUT2D eigenvalue weighted by atomic mass is 10.2. The lowest BCUT2D eigenvalue weighted by molar-refractivity contribution is -0.852. The van der Waals surface area contributed by atoms with E-state index in [1.54, 1.807) is 7.11 Å². The van der Waals surface area contributed by atoms with Gasteiger partial charge in [0.05, 0.1) is 18.6 Å². The molecule has 0 spiro atoms. The summed E-state index contributed by atoms with van der Waals surface area (Å²) in [5.74, 6) is 0. The van der Waals surface area contributed by atoms with E-state index < -0.39 is 7.65 Å². The molecular formula is C9H22ClNOP+. The molecule has 0 radical (unpaired) electrons. The van der Waals surface area contributed by atoms with E-state index in [4.69, 9.17) is 15.8 Å². The predicted octanol–water partition coefficient (Wildman–Crippen LogP) is 3.75. The van der Waals surface area contributed by atoms with E-state index in [9.17, 15) is 0 Å². The maximum absolute atomic E-state index is 6.29. The number of halogens is 1. The summed E-state index contributed by atoms with van der Waals surface area (Å²) < 4.78 is 6.20. The van der Waals surface area contributed by atoms with Gasteiger partial charge in [-0.25, -0.2) is 0 Å². The van der Waals surface area contributed by atoms with Crippen LogP contribution in [0.1, 0.15) is 34.6 Å². The van der Waals surface area contributed by atoms with Gasteiger partial charge >= 0.3 is 7.65 Å². The minimum atomic E-state index is -0.895. The number of nitrogens with zero attached hydrogens (tertiary/aromatic N) is 1. The van der Waals surface area contributed by atoms with Crippen LogP contribution in [0.25, 0.3) is 0 Å². The first-order valence-corrected chi connectivity index (χ1v) is 6.93. The van der Waals surface area contributed by atoms with Gasteiger partial charge in [0.2, 0.25) is 0 Å². The van der Waals surface area contributed by atoms with Gasteiger partial charge in [0, 0.05) is 18.4 Å². The Bertz CT molecular complexity index is 145. The molecular weight excluding hydrogens is 205 g/mol. The molecule has 0 fully saturated rings. The summed E-state index contributed by atoms with van der Waals surface area (Å²) in [6, 6.07) is 1.02. The molecule has 1 unspecified atom stereocenters. The fourth-order valence-electron chi connectivity index (χ4n) is 1.95. The molecule has 0 aromatic rings. The molecule has 0 aliphatic rings. The molecule has 0 heterocycles. The minimum absolute atomic E-state index is 0.508. The standard InChI is InChI=1S/C9H22ClNOP/c1-7-11(8(2)3,9(4)5)13(10)12-6/h8-9H,7H2,1-6H3/q+1. The Morgan fingerprint density at radius 1 is 1.23 bits per heavy atom. The number of rotatable bonds is 5. The van der Waals surface area contributed by atoms with E-state index in [1.807, 2.05) is 0 Å². The van der Waals surface area contributed by atoms with Crippen molar-refractivity contribution in [3.8, 4) is 0 Å². The van der Waals surface area contributed by atoms with Gasteiger partial charge in [-0.1, -0.05) is 0 Å². The number of quaternary nitrogens is 1. The SMILES string of the molecule is CC[N+](C(C)C)(C(C)C)P(Cl)OC. The normalized spacial score (nSPS) is 15.5. The Hall–Kier alpha value is 0.640. The van der Waals surface area contributed by atoms with Crippen molar-refractivity contribution < 1.29 is 8.78 Å². The second-order valence-electron chi connectivity index (χ2n) is 3.80. The molecule has 0 aromatic heterocycles. The Kier molecular flexibility index (Phi) is 5.77. The molecule has 0 saturated carbocycles. The van der Waals surface area contributed by atoms with E-state index in [0.29, 0.717) is 12.1 Å². The molecule has 0 rings (SSSR count). The molecule has 0 saturated heterocycles. The van der Waals surface area contributed by atoms with E-state index in [-0.39, 0.29) is 0 Å². The zero-order valence-electron chi connectivity index (χ0n) is 9.54. The molecule has 13 heavy (non-hydrogen) atoms. The van der Waals surface area contributed by atoms with Crippen LogP contribution in [-0.2, 0) is 4.52 Å². The van der Waals surface area contributed by atoms with Crippen LogP contribution >= 0.6 is 18.9 Å². The van der Waals surface area contributed by atoms with Crippen molar-refractivity contribution in [2.45, 2.75) is 46.7 Å². The molecule has 0 N–H and O–H groups in total. The lowest BCUT2D eigenvalue weighted by Gasteiger charge is -2.45. The molecule has 0 amide bonds. The maximum Gasteiger partial charge on any atom is 0.359 e. The van der Waals surface area contributed by atoms with Crippen molar-refractivity contribution in [2.75, 3.05) is 13.7 Å². The first kappa shape index (κ1) is 13.6. The second-order valence-corrected chi connectivity index (χ2v) is 6.23. The van der Waals surface area contributed by atoms with E-state index >= 15 is 0 Å². The van der Waals surface area contributed by atoms with Gasteiger partial charge in [-0.3, -0.25) is 4.25 Å². The van der Waals surface area contributed by atoms with Crippen LogP contribution in [0.3, 0.4) is 0 Å². The van der Waals surface area contributed by atoms with Crippen LogP contribution in [0.5, 0.6) is 0 Å². The van der Waals surface area contributed by atoms with Crippen LogP contribution in [-0.4, -0.2) is 30.0 Å². The Morgan fingerprint density at radius 3 is 1.69 bits per heavy atom. The first-order valence-electron chi connectivity index (χ1n) is 4.81. The van der Waals surface area contributed by atoms with Crippen LogP contribution in [0.4, 0.5) is 0 Å². The van der Waals surface area contributed by atoms with Gasteiger partial charge in [-0.15, -0.1) is 0 Å². The summed E-state index contributed by atoms with van der Waals surface area (Å²) >= 11 is 6.29. The van der Waals surface area contributed by atoms with Crippen LogP contribution in [0.15, 0.2) is 0 Å². The fraction of sp³-hybridized carbons (Fsp3) is 1.00. The topological polar surface area (TPSA) is 9.23 Å². The molecule has 2 nitrogen and oxygen atoms in total. The van der Waals surface area contributed by atoms with Gasteiger partial charge < -0.3 is 4.52 Å². The largest absolute Gasteiger partial charge is 0.359 e. The third-order valence-corrected chi connectivity index (χ3v) is 6.09. The highest BCUT2D eigenvalue weighted by atomic mass is 35.7. The van der Waals surface area contributed by atoms with Crippen molar-refractivity contribution in [3.63, 3.8) is 0 Å². The summed E-state index contributed by atoms with van der Waals surface area (Å²) in [6.07, 6.45) is 0. The smallest absolute Gasteiger partial charge is 0.301 e. The zero-order valence-corrected chi connectivity index (χ0v) is 11.2. The molecule has 0 bridgehead atoms. The summed E-state index contributed by atoms with van der Waals surface area (Å²) in [7, 11) is 0.805. The average molecular weight is 227 g/mol. The summed E-state index contributed by atoms with van der Waals surface area (Å²) in [5.41, 5.74) is 0. The Morgan fingerprint density at radius 2 is 1.62 bits per heavy atom. The highest BCUT2D eigenvalue weighted by Crippen LogP contribution is 2.55. The highest BCUT2D eigenvalue weighted by molar-refractivity contribution is 7.75. The van der Waals surface area contributed by atoms with Crippen molar-refractivity contribution in [3.05, 3.63) is 0 Å². The summed E-state index contributed by atoms with van der Waals surface area (Å²) in [4.78, 5) is 0.